The van der Waals surface area contributed by atoms with Crippen LogP contribution < -0.4 is 10.6 Å². The van der Waals surface area contributed by atoms with Gasteiger partial charge in [-0.3, -0.25) is 4.79 Å². The van der Waals surface area contributed by atoms with E-state index in [1.165, 1.54) is 0 Å². The SMILES string of the molecule is COC(C)(C)CNC(=O)C1CSCCN1. The van der Waals surface area contributed by atoms with Crippen LogP contribution in [0, 0.1) is 0 Å². The van der Waals surface area contributed by atoms with E-state index < -0.39 is 0 Å². The molecule has 0 spiro atoms. The Kier molecular flexibility index (Phi) is 4.89. The van der Waals surface area contributed by atoms with Gasteiger partial charge in [-0.25, -0.2) is 0 Å². The van der Waals surface area contributed by atoms with Crippen molar-refractivity contribution in [2.24, 2.45) is 0 Å². The lowest BCUT2D eigenvalue weighted by Gasteiger charge is -2.26. The minimum absolute atomic E-state index is 0.0450. The number of amides is 1. The van der Waals surface area contributed by atoms with E-state index in [2.05, 4.69) is 10.6 Å². The molecule has 1 aliphatic heterocycles. The van der Waals surface area contributed by atoms with Gasteiger partial charge >= 0.3 is 0 Å². The maximum Gasteiger partial charge on any atom is 0.238 e. The molecule has 0 aromatic rings. The molecule has 0 aromatic heterocycles. The van der Waals surface area contributed by atoms with Gasteiger partial charge in [0.1, 0.15) is 0 Å². The van der Waals surface area contributed by atoms with Gasteiger partial charge in [-0.1, -0.05) is 0 Å². The standard InChI is InChI=1S/C10H20N2O2S/c1-10(2,14-3)7-12-9(13)8-6-15-5-4-11-8/h8,11H,4-7H2,1-3H3,(H,12,13). The van der Waals surface area contributed by atoms with Crippen LogP contribution in [0.2, 0.25) is 0 Å². The lowest BCUT2D eigenvalue weighted by Crippen LogP contribution is -2.51. The van der Waals surface area contributed by atoms with Crippen LogP contribution in [-0.2, 0) is 9.53 Å². The van der Waals surface area contributed by atoms with Crippen LogP contribution in [0.5, 0.6) is 0 Å². The summed E-state index contributed by atoms with van der Waals surface area (Å²) in [5, 5.41) is 6.10. The summed E-state index contributed by atoms with van der Waals surface area (Å²) in [7, 11) is 1.65. The summed E-state index contributed by atoms with van der Waals surface area (Å²) in [6.45, 7) is 5.37. The van der Waals surface area contributed by atoms with Crippen LogP contribution in [0.1, 0.15) is 13.8 Å². The quantitative estimate of drug-likeness (QED) is 0.729. The number of hydrogen-bond acceptors (Lipinski definition) is 4. The molecule has 15 heavy (non-hydrogen) atoms. The zero-order valence-electron chi connectivity index (χ0n) is 9.63. The molecule has 1 aliphatic rings. The van der Waals surface area contributed by atoms with Gasteiger partial charge in [-0.2, -0.15) is 11.8 Å². The minimum atomic E-state index is -0.294. The summed E-state index contributed by atoms with van der Waals surface area (Å²) < 4.78 is 5.24. The first-order valence-corrected chi connectivity index (χ1v) is 6.34. The summed E-state index contributed by atoms with van der Waals surface area (Å²) in [4.78, 5) is 11.7. The van der Waals surface area contributed by atoms with E-state index in [1.54, 1.807) is 7.11 Å². The molecule has 1 saturated heterocycles. The number of ether oxygens (including phenoxy) is 1. The predicted molar refractivity (Wildman–Crippen MR) is 63.2 cm³/mol. The number of thioether (sulfide) groups is 1. The third-order valence-corrected chi connectivity index (χ3v) is 3.54. The smallest absolute Gasteiger partial charge is 0.238 e. The van der Waals surface area contributed by atoms with Gasteiger partial charge < -0.3 is 15.4 Å². The third kappa shape index (κ3) is 4.40. The number of carbonyl (C=O) groups excluding carboxylic acids is 1. The zero-order valence-corrected chi connectivity index (χ0v) is 10.4. The maximum atomic E-state index is 11.7. The number of rotatable bonds is 4. The van der Waals surface area contributed by atoms with E-state index >= 15 is 0 Å². The molecule has 1 heterocycles. The van der Waals surface area contributed by atoms with Gasteiger partial charge in [0.25, 0.3) is 0 Å². The molecule has 0 bridgehead atoms. The molecular weight excluding hydrogens is 212 g/mol. The molecular formula is C10H20N2O2S. The molecule has 0 aliphatic carbocycles. The highest BCUT2D eigenvalue weighted by atomic mass is 32.2. The molecule has 0 aromatic carbocycles. The second kappa shape index (κ2) is 5.72. The first-order chi connectivity index (χ1) is 7.05. The minimum Gasteiger partial charge on any atom is -0.377 e. The highest BCUT2D eigenvalue weighted by Crippen LogP contribution is 2.09. The van der Waals surface area contributed by atoms with E-state index in [1.807, 2.05) is 25.6 Å². The van der Waals surface area contributed by atoms with Crippen molar-refractivity contribution in [2.75, 3.05) is 31.7 Å². The highest BCUT2D eigenvalue weighted by molar-refractivity contribution is 7.99. The van der Waals surface area contributed by atoms with Gasteiger partial charge in [0.05, 0.1) is 11.6 Å². The van der Waals surface area contributed by atoms with Crippen molar-refractivity contribution in [3.8, 4) is 0 Å². The van der Waals surface area contributed by atoms with Crippen molar-refractivity contribution in [1.29, 1.82) is 0 Å². The molecule has 0 radical (unpaired) electrons. The van der Waals surface area contributed by atoms with E-state index in [-0.39, 0.29) is 17.6 Å². The van der Waals surface area contributed by atoms with Crippen molar-refractivity contribution in [2.45, 2.75) is 25.5 Å². The molecule has 1 unspecified atom stereocenters. The van der Waals surface area contributed by atoms with Gasteiger partial charge in [0.15, 0.2) is 0 Å². The summed E-state index contributed by atoms with van der Waals surface area (Å²) in [6, 6.07) is -0.0450. The summed E-state index contributed by atoms with van der Waals surface area (Å²) >= 11 is 1.82. The van der Waals surface area contributed by atoms with Crippen LogP contribution in [0.15, 0.2) is 0 Å². The molecule has 1 amide bonds. The van der Waals surface area contributed by atoms with Crippen LogP contribution in [0.3, 0.4) is 0 Å². The largest absolute Gasteiger partial charge is 0.377 e. The summed E-state index contributed by atoms with van der Waals surface area (Å²) in [5.41, 5.74) is -0.294. The van der Waals surface area contributed by atoms with Gasteiger partial charge in [0, 0.05) is 31.7 Å². The average Bonchev–Trinajstić information content (AvgIpc) is 2.27. The van der Waals surface area contributed by atoms with Crippen molar-refractivity contribution in [1.82, 2.24) is 10.6 Å². The van der Waals surface area contributed by atoms with Crippen LogP contribution >= 0.6 is 11.8 Å². The third-order valence-electron chi connectivity index (χ3n) is 2.48. The van der Waals surface area contributed by atoms with Crippen molar-refractivity contribution in [3.63, 3.8) is 0 Å². The monoisotopic (exact) mass is 232 g/mol. The second-order valence-corrected chi connectivity index (χ2v) is 5.41. The highest BCUT2D eigenvalue weighted by Gasteiger charge is 2.23. The van der Waals surface area contributed by atoms with E-state index in [0.29, 0.717) is 6.54 Å². The van der Waals surface area contributed by atoms with E-state index in [9.17, 15) is 4.79 Å². The molecule has 1 fully saturated rings. The Morgan fingerprint density at radius 2 is 2.40 bits per heavy atom. The number of methoxy groups -OCH3 is 1. The molecule has 4 nitrogen and oxygen atoms in total. The number of nitrogens with one attached hydrogen (secondary N) is 2. The predicted octanol–water partition coefficient (Wildman–Crippen LogP) is 0.233. The number of hydrogen-bond donors (Lipinski definition) is 2. The van der Waals surface area contributed by atoms with Gasteiger partial charge in [-0.15, -0.1) is 0 Å². The summed E-state index contributed by atoms with van der Waals surface area (Å²) in [5.74, 6) is 2.03. The van der Waals surface area contributed by atoms with Crippen LogP contribution in [-0.4, -0.2) is 49.3 Å². The maximum absolute atomic E-state index is 11.7. The Hall–Kier alpha value is -0.260. The molecule has 1 atom stereocenters. The summed E-state index contributed by atoms with van der Waals surface area (Å²) in [6.07, 6.45) is 0. The normalized spacial score (nSPS) is 22.5. The lowest BCUT2D eigenvalue weighted by molar-refractivity contribution is -0.123. The molecule has 2 N–H and O–H groups in total. The van der Waals surface area contributed by atoms with Crippen LogP contribution in [0.25, 0.3) is 0 Å². The topological polar surface area (TPSA) is 50.4 Å². The fourth-order valence-corrected chi connectivity index (χ4v) is 2.16. The Labute approximate surface area is 95.5 Å². The molecule has 0 saturated carbocycles. The second-order valence-electron chi connectivity index (χ2n) is 4.26. The first kappa shape index (κ1) is 12.8. The Morgan fingerprint density at radius 3 is 2.93 bits per heavy atom. The van der Waals surface area contributed by atoms with Crippen LogP contribution in [0.4, 0.5) is 0 Å². The van der Waals surface area contributed by atoms with Crippen molar-refractivity contribution in [3.05, 3.63) is 0 Å². The van der Waals surface area contributed by atoms with Gasteiger partial charge in [0.2, 0.25) is 5.91 Å². The fourth-order valence-electron chi connectivity index (χ4n) is 1.23. The molecule has 88 valence electrons. The first-order valence-electron chi connectivity index (χ1n) is 5.19. The Morgan fingerprint density at radius 1 is 1.67 bits per heavy atom. The zero-order chi connectivity index (χ0) is 11.3. The molecule has 1 rings (SSSR count). The number of carbonyl (C=O) groups is 1. The van der Waals surface area contributed by atoms with Crippen molar-refractivity contribution < 1.29 is 9.53 Å². The Balaban J connectivity index is 2.28. The van der Waals surface area contributed by atoms with Crippen molar-refractivity contribution >= 4 is 17.7 Å². The van der Waals surface area contributed by atoms with E-state index in [4.69, 9.17) is 4.74 Å². The molecule has 5 heteroatoms. The average molecular weight is 232 g/mol. The van der Waals surface area contributed by atoms with E-state index in [0.717, 1.165) is 18.1 Å². The fraction of sp³-hybridized carbons (Fsp3) is 0.900. The van der Waals surface area contributed by atoms with Gasteiger partial charge in [-0.05, 0) is 13.8 Å². The Bertz CT molecular complexity index is 215. The lowest BCUT2D eigenvalue weighted by atomic mass is 10.1.